The molecule has 4 aromatic carbocycles. The zero-order valence-corrected chi connectivity index (χ0v) is 44.8. The normalized spacial score (nSPS) is 13.2. The lowest BCUT2D eigenvalue weighted by Crippen LogP contribution is -2.47. The van der Waals surface area contributed by atoms with Gasteiger partial charge < -0.3 is 14.1 Å². The number of nitrogens with zero attached hydrogens (tertiary/aromatic N) is 1. The molecular weight excluding hydrogens is 915 g/mol. The molecule has 0 aromatic heterocycles. The molecule has 2 atom stereocenters. The van der Waals surface area contributed by atoms with Gasteiger partial charge in [0, 0.05) is 27.9 Å². The van der Waals surface area contributed by atoms with Crippen LogP contribution in [0.1, 0.15) is 132 Å². The van der Waals surface area contributed by atoms with E-state index in [1.54, 1.807) is 30.3 Å². The Balaban J connectivity index is 2.02. The average molecular weight is 992 g/mol. The van der Waals surface area contributed by atoms with E-state index in [9.17, 15) is 26.3 Å². The molecular formula is C53H77F6NO2P2Si2. The van der Waals surface area contributed by atoms with Gasteiger partial charge >= 0.3 is 12.7 Å². The predicted octanol–water partition coefficient (Wildman–Crippen LogP) is 17.1. The van der Waals surface area contributed by atoms with Gasteiger partial charge in [-0.3, -0.25) is 0 Å². The third-order valence-electron chi connectivity index (χ3n) is 13.0. The molecule has 0 bridgehead atoms. The van der Waals surface area contributed by atoms with Crippen molar-refractivity contribution in [1.82, 2.24) is 0 Å². The monoisotopic (exact) mass is 991 g/mol. The molecule has 66 heavy (non-hydrogen) atoms. The van der Waals surface area contributed by atoms with Crippen LogP contribution in [-0.4, -0.2) is 34.9 Å². The highest BCUT2D eigenvalue weighted by molar-refractivity contribution is 8.28. The van der Waals surface area contributed by atoms with Crippen LogP contribution in [0, 0.1) is 0 Å². The van der Waals surface area contributed by atoms with Crippen molar-refractivity contribution in [3.8, 4) is 22.6 Å². The van der Waals surface area contributed by atoms with Crippen molar-refractivity contribution in [2.75, 3.05) is 4.67 Å². The van der Waals surface area contributed by atoms with Crippen LogP contribution in [0.2, 0.25) is 36.3 Å². The highest BCUT2D eigenvalue weighted by Gasteiger charge is 2.39. The molecule has 3 nitrogen and oxygen atoms in total. The van der Waals surface area contributed by atoms with Crippen molar-refractivity contribution in [3.05, 3.63) is 91.0 Å². The van der Waals surface area contributed by atoms with Gasteiger partial charge in [-0.2, -0.15) is 0 Å². The van der Waals surface area contributed by atoms with Crippen LogP contribution in [0.15, 0.2) is 91.0 Å². The molecule has 0 spiro atoms. The molecule has 0 aliphatic rings. The van der Waals surface area contributed by atoms with E-state index < -0.39 is 44.9 Å². The van der Waals surface area contributed by atoms with Crippen LogP contribution >= 0.6 is 16.0 Å². The van der Waals surface area contributed by atoms with Crippen LogP contribution < -0.4 is 35.1 Å². The smallest absolute Gasteiger partial charge is 0.405 e. The summed E-state index contributed by atoms with van der Waals surface area (Å²) in [5.41, 5.74) is 1.85. The van der Waals surface area contributed by atoms with Gasteiger partial charge in [0.15, 0.2) is 0 Å². The van der Waals surface area contributed by atoms with Gasteiger partial charge in [0.05, 0.1) is 23.9 Å². The maximum Gasteiger partial charge on any atom is 0.573 e. The van der Waals surface area contributed by atoms with Crippen LogP contribution in [0.25, 0.3) is 11.1 Å². The fourth-order valence-corrected chi connectivity index (χ4v) is 26.9. The molecule has 4 aromatic rings. The number of unbranched alkanes of at least 4 members (excludes halogenated alkanes) is 6. The Bertz CT molecular complexity index is 2000. The largest absolute Gasteiger partial charge is 0.573 e. The summed E-state index contributed by atoms with van der Waals surface area (Å²) in [5.74, 6) is -0.648. The molecule has 0 amide bonds. The van der Waals surface area contributed by atoms with E-state index in [1.165, 1.54) is 40.6 Å². The Morgan fingerprint density at radius 1 is 0.545 bits per heavy atom. The predicted molar refractivity (Wildman–Crippen MR) is 279 cm³/mol. The molecule has 0 heterocycles. The van der Waals surface area contributed by atoms with Gasteiger partial charge in [-0.05, 0) is 51.9 Å². The van der Waals surface area contributed by atoms with Gasteiger partial charge in [-0.15, -0.1) is 26.3 Å². The highest BCUT2D eigenvalue weighted by Crippen LogP contribution is 2.62. The SMILES string of the molecule is CCCC[Si](CCCC)(CCCC)c1cccc(-c2cccc(PP(c3ccccc3OC(F)(F)F)N(c3cccc([Si](CCCC)(CCCC)CCCC)c3)C(C)C)c2OC(F)(F)F)c1. The number of rotatable bonds is 29. The fourth-order valence-electron chi connectivity index (χ4n) is 9.61. The zero-order valence-electron chi connectivity index (χ0n) is 40.9. The second-order valence-corrected chi connectivity index (χ2v) is 31.9. The number of hydrogen-bond donors (Lipinski definition) is 0. The van der Waals surface area contributed by atoms with Crippen LogP contribution in [-0.2, 0) is 0 Å². The molecule has 0 fully saturated rings. The quantitative estimate of drug-likeness (QED) is 0.0307. The lowest BCUT2D eigenvalue weighted by molar-refractivity contribution is -0.275. The number of anilines is 1. The minimum atomic E-state index is -5.02. The number of hydrogen-bond acceptors (Lipinski definition) is 3. The van der Waals surface area contributed by atoms with Crippen LogP contribution in [0.3, 0.4) is 0 Å². The number of ether oxygens (including phenoxy) is 2. The summed E-state index contributed by atoms with van der Waals surface area (Å²) in [4.78, 5) is 0. The minimum Gasteiger partial charge on any atom is -0.405 e. The Hall–Kier alpha value is -2.85. The van der Waals surface area contributed by atoms with E-state index in [1.807, 2.05) is 32.0 Å². The van der Waals surface area contributed by atoms with E-state index in [2.05, 4.69) is 76.5 Å². The third-order valence-corrected chi connectivity index (χ3v) is 29.5. The van der Waals surface area contributed by atoms with Crippen molar-refractivity contribution >= 4 is 58.8 Å². The summed E-state index contributed by atoms with van der Waals surface area (Å²) in [6.45, 7) is 17.4. The first-order chi connectivity index (χ1) is 31.5. The number of alkyl halides is 6. The Kier molecular flexibility index (Phi) is 22.6. The summed E-state index contributed by atoms with van der Waals surface area (Å²) in [6, 6.07) is 34.8. The van der Waals surface area contributed by atoms with Crippen LogP contribution in [0.5, 0.6) is 11.5 Å². The molecule has 0 saturated heterocycles. The number of para-hydroxylation sites is 2. The maximum atomic E-state index is 14.8. The molecule has 0 aliphatic carbocycles. The van der Waals surface area contributed by atoms with Crippen molar-refractivity contribution in [2.45, 2.75) is 187 Å². The lowest BCUT2D eigenvalue weighted by Gasteiger charge is -2.39. The minimum absolute atomic E-state index is 0.241. The number of benzene rings is 4. The van der Waals surface area contributed by atoms with Gasteiger partial charge in [0.1, 0.15) is 11.5 Å². The molecule has 0 saturated carbocycles. The van der Waals surface area contributed by atoms with Crippen molar-refractivity contribution in [1.29, 1.82) is 0 Å². The Morgan fingerprint density at radius 3 is 1.47 bits per heavy atom. The van der Waals surface area contributed by atoms with E-state index >= 15 is 0 Å². The summed E-state index contributed by atoms with van der Waals surface area (Å²) in [7, 11) is -6.33. The van der Waals surface area contributed by atoms with E-state index in [4.69, 9.17) is 9.47 Å². The molecule has 0 N–H and O–H groups in total. The summed E-state index contributed by atoms with van der Waals surface area (Å²) >= 11 is 0. The van der Waals surface area contributed by atoms with Crippen molar-refractivity contribution in [3.63, 3.8) is 0 Å². The summed E-state index contributed by atoms with van der Waals surface area (Å²) in [6.07, 6.45) is 3.26. The Morgan fingerprint density at radius 2 is 1.00 bits per heavy atom. The molecule has 2 unspecified atom stereocenters. The van der Waals surface area contributed by atoms with Gasteiger partial charge in [-0.25, -0.2) is 0 Å². The summed E-state index contributed by atoms with van der Waals surface area (Å²) in [5, 5.41) is 3.22. The third kappa shape index (κ3) is 15.9. The molecule has 0 radical (unpaired) electrons. The average Bonchev–Trinajstić information content (AvgIpc) is 3.28. The Labute approximate surface area is 398 Å². The summed E-state index contributed by atoms with van der Waals surface area (Å²) < 4.78 is 99.2. The second kappa shape index (κ2) is 26.8. The van der Waals surface area contributed by atoms with Crippen molar-refractivity contribution in [2.24, 2.45) is 0 Å². The van der Waals surface area contributed by atoms with E-state index in [-0.39, 0.29) is 17.5 Å². The van der Waals surface area contributed by atoms with Gasteiger partial charge in [0.2, 0.25) is 0 Å². The first-order valence-corrected chi connectivity index (χ1v) is 33.2. The lowest BCUT2D eigenvalue weighted by atomic mass is 10.0. The molecule has 13 heteroatoms. The first kappa shape index (κ1) is 55.7. The van der Waals surface area contributed by atoms with Gasteiger partial charge in [-0.1, -0.05) is 232 Å². The van der Waals surface area contributed by atoms with Crippen molar-refractivity contribution < 1.29 is 35.8 Å². The first-order valence-electron chi connectivity index (χ1n) is 24.8. The maximum absolute atomic E-state index is 14.8. The topological polar surface area (TPSA) is 21.7 Å². The standard InChI is InChI=1S/C53H77F6NO2P2Si2/c1-9-15-34-65(35-16-10-2,36-17-11-3)45-28-23-26-43(40-45)47-30-25-32-49(51(47)62-53(57,58)59)63-64(50-33-22-21-31-48(50)61-52(54,55)56)60(42(7)8)44-27-24-29-46(41-44)66(37-18-12-4,38-19-13-5)39-20-14-6/h21-33,40-42,63H,9-20,34-39H2,1-8H3. The zero-order chi connectivity index (χ0) is 48.4. The highest BCUT2D eigenvalue weighted by atomic mass is 32.1. The second-order valence-electron chi connectivity index (χ2n) is 18.4. The van der Waals surface area contributed by atoms with Crippen LogP contribution in [0.4, 0.5) is 32.0 Å². The van der Waals surface area contributed by atoms with E-state index in [0.29, 0.717) is 21.7 Å². The van der Waals surface area contributed by atoms with E-state index in [0.717, 1.165) is 101 Å². The molecule has 4 rings (SSSR count). The fraction of sp³-hybridized carbons (Fsp3) is 0.547. The molecule has 0 aliphatic heterocycles. The number of halogens is 6. The molecule has 366 valence electrons. The van der Waals surface area contributed by atoms with Gasteiger partial charge in [0.25, 0.3) is 0 Å².